The van der Waals surface area contributed by atoms with E-state index in [1.807, 2.05) is 97.1 Å². The van der Waals surface area contributed by atoms with Gasteiger partial charge in [0.1, 0.15) is 6.07 Å². The van der Waals surface area contributed by atoms with Crippen LogP contribution in [0.15, 0.2) is 152 Å². The molecule has 9 rings (SSSR count). The molecule has 5 heteroatoms. The molecule has 0 radical (unpaired) electrons. The number of fused-ring (bicyclic) bond motifs is 6. The van der Waals surface area contributed by atoms with E-state index in [4.69, 9.17) is 0 Å². The average Bonchev–Trinajstić information content (AvgIpc) is 3.69. The SMILES string of the molecule is N#Cc1ccc2c(c1)c1ccccc1n2-c1ccc(-c2ccccc2-c2cccc(C#N)c2-n2c3ccccc3c3ccccc32)c(C#N)c1. The summed E-state index contributed by atoms with van der Waals surface area (Å²) >= 11 is 0. The monoisotopic (exact) mass is 635 g/mol. The Labute approximate surface area is 287 Å². The van der Waals surface area contributed by atoms with Crippen LogP contribution < -0.4 is 0 Å². The molecule has 0 amide bonds. The quantitative estimate of drug-likeness (QED) is 0.193. The molecule has 50 heavy (non-hydrogen) atoms. The Morgan fingerprint density at radius 3 is 1.54 bits per heavy atom. The summed E-state index contributed by atoms with van der Waals surface area (Å²) in [4.78, 5) is 0. The van der Waals surface area contributed by atoms with Crippen molar-refractivity contribution < 1.29 is 0 Å². The molecule has 9 aromatic rings. The number of nitrogens with zero attached hydrogens (tertiary/aromatic N) is 5. The van der Waals surface area contributed by atoms with Gasteiger partial charge < -0.3 is 9.13 Å². The molecule has 0 saturated carbocycles. The summed E-state index contributed by atoms with van der Waals surface area (Å²) in [5.74, 6) is 0. The highest BCUT2D eigenvalue weighted by Gasteiger charge is 2.22. The Morgan fingerprint density at radius 1 is 0.360 bits per heavy atom. The van der Waals surface area contributed by atoms with Crippen molar-refractivity contribution in [3.63, 3.8) is 0 Å². The lowest BCUT2D eigenvalue weighted by molar-refractivity contribution is 1.17. The first-order valence-corrected chi connectivity index (χ1v) is 16.3. The Morgan fingerprint density at radius 2 is 0.900 bits per heavy atom. The van der Waals surface area contributed by atoms with Crippen LogP contribution in [0.1, 0.15) is 16.7 Å². The first-order chi connectivity index (χ1) is 24.7. The van der Waals surface area contributed by atoms with Gasteiger partial charge in [0.15, 0.2) is 0 Å². The van der Waals surface area contributed by atoms with E-state index in [0.717, 1.165) is 77.2 Å². The Bertz CT molecular complexity index is 2920. The first kappa shape index (κ1) is 28.8. The largest absolute Gasteiger partial charge is 0.309 e. The van der Waals surface area contributed by atoms with Gasteiger partial charge in [0, 0.05) is 38.4 Å². The van der Waals surface area contributed by atoms with E-state index in [9.17, 15) is 15.8 Å². The number of rotatable bonds is 4. The van der Waals surface area contributed by atoms with Crippen LogP contribution in [-0.2, 0) is 0 Å². The Hall–Kier alpha value is -7.39. The molecule has 2 heterocycles. The van der Waals surface area contributed by atoms with E-state index in [1.165, 1.54) is 0 Å². The van der Waals surface area contributed by atoms with Crippen LogP contribution in [0.4, 0.5) is 0 Å². The van der Waals surface area contributed by atoms with Gasteiger partial charge in [-0.25, -0.2) is 0 Å². The van der Waals surface area contributed by atoms with Gasteiger partial charge >= 0.3 is 0 Å². The van der Waals surface area contributed by atoms with Crippen molar-refractivity contribution in [2.24, 2.45) is 0 Å². The van der Waals surface area contributed by atoms with Crippen LogP contribution in [0, 0.1) is 34.0 Å². The number of hydrogen-bond donors (Lipinski definition) is 0. The molecule has 0 spiro atoms. The zero-order chi connectivity index (χ0) is 33.8. The van der Waals surface area contributed by atoms with Crippen LogP contribution in [0.25, 0.3) is 77.2 Å². The summed E-state index contributed by atoms with van der Waals surface area (Å²) in [6, 6.07) is 57.6. The van der Waals surface area contributed by atoms with Gasteiger partial charge in [0.25, 0.3) is 0 Å². The number of nitriles is 3. The lowest BCUT2D eigenvalue weighted by atomic mass is 9.90. The molecular weight excluding hydrogens is 611 g/mol. The first-order valence-electron chi connectivity index (χ1n) is 16.3. The summed E-state index contributed by atoms with van der Waals surface area (Å²) in [5, 5.41) is 35.0. The fraction of sp³-hybridized carbons (Fsp3) is 0. The lowest BCUT2D eigenvalue weighted by Crippen LogP contribution is -2.02. The summed E-state index contributed by atoms with van der Waals surface area (Å²) < 4.78 is 4.35. The third-order valence-electron chi connectivity index (χ3n) is 9.65. The average molecular weight is 636 g/mol. The molecule has 0 atom stereocenters. The minimum atomic E-state index is 0.532. The van der Waals surface area contributed by atoms with Crippen LogP contribution >= 0.6 is 0 Å². The maximum atomic E-state index is 10.6. The highest BCUT2D eigenvalue weighted by Crippen LogP contribution is 2.42. The lowest BCUT2D eigenvalue weighted by Gasteiger charge is -2.19. The van der Waals surface area contributed by atoms with Crippen molar-refractivity contribution in [2.75, 3.05) is 0 Å². The van der Waals surface area contributed by atoms with Crippen molar-refractivity contribution in [1.82, 2.24) is 9.13 Å². The summed E-state index contributed by atoms with van der Waals surface area (Å²) in [7, 11) is 0. The van der Waals surface area contributed by atoms with E-state index in [1.54, 1.807) is 0 Å². The van der Waals surface area contributed by atoms with Crippen molar-refractivity contribution in [2.45, 2.75) is 0 Å². The summed E-state index contributed by atoms with van der Waals surface area (Å²) in [6.45, 7) is 0. The van der Waals surface area contributed by atoms with E-state index in [-0.39, 0.29) is 0 Å². The van der Waals surface area contributed by atoms with E-state index in [2.05, 4.69) is 81.9 Å². The number of para-hydroxylation sites is 4. The predicted octanol–water partition coefficient (Wildman–Crippen LogP) is 10.8. The number of hydrogen-bond acceptors (Lipinski definition) is 3. The number of aromatic nitrogens is 2. The molecule has 0 aliphatic carbocycles. The van der Waals surface area contributed by atoms with Gasteiger partial charge in [-0.3, -0.25) is 0 Å². The second-order valence-corrected chi connectivity index (χ2v) is 12.3. The fourth-order valence-electron chi connectivity index (χ4n) is 7.53. The van der Waals surface area contributed by atoms with E-state index >= 15 is 0 Å². The molecule has 0 N–H and O–H groups in total. The minimum Gasteiger partial charge on any atom is -0.309 e. The van der Waals surface area contributed by atoms with Gasteiger partial charge in [-0.05, 0) is 65.7 Å². The highest BCUT2D eigenvalue weighted by molar-refractivity contribution is 6.11. The standard InChI is InChI=1S/C45H25N5/c46-26-29-20-23-44-40(24-29)38-15-5-6-17-41(38)49(44)32-21-22-33(31(25-32)28-48)34-11-1-2-12-35(34)39-16-9-10-30(27-47)45(39)50-42-18-7-3-13-36(42)37-14-4-8-19-43(37)50/h1-25H. The van der Waals surface area contributed by atoms with E-state index < -0.39 is 0 Å². The zero-order valence-electron chi connectivity index (χ0n) is 26.7. The van der Waals surface area contributed by atoms with Crippen molar-refractivity contribution in [3.8, 4) is 51.8 Å². The van der Waals surface area contributed by atoms with Crippen molar-refractivity contribution in [1.29, 1.82) is 15.8 Å². The summed E-state index contributed by atoms with van der Waals surface area (Å²) in [6.07, 6.45) is 0. The van der Waals surface area contributed by atoms with Crippen molar-refractivity contribution >= 4 is 43.6 Å². The van der Waals surface area contributed by atoms with Crippen LogP contribution in [0.2, 0.25) is 0 Å². The molecule has 2 aromatic heterocycles. The fourth-order valence-corrected chi connectivity index (χ4v) is 7.53. The smallest absolute Gasteiger partial charge is 0.101 e. The van der Waals surface area contributed by atoms with Crippen LogP contribution in [0.5, 0.6) is 0 Å². The molecule has 0 aliphatic rings. The Kier molecular flexibility index (Phi) is 6.56. The van der Waals surface area contributed by atoms with Gasteiger partial charge in [-0.1, -0.05) is 97.1 Å². The molecule has 0 bridgehead atoms. The predicted molar refractivity (Wildman–Crippen MR) is 200 cm³/mol. The number of benzene rings is 7. The van der Waals surface area contributed by atoms with Gasteiger partial charge in [-0.2, -0.15) is 15.8 Å². The van der Waals surface area contributed by atoms with Crippen LogP contribution in [0.3, 0.4) is 0 Å². The maximum absolute atomic E-state index is 10.6. The molecule has 0 unspecified atom stereocenters. The van der Waals surface area contributed by atoms with Gasteiger partial charge in [0.2, 0.25) is 0 Å². The zero-order valence-corrected chi connectivity index (χ0v) is 26.7. The second kappa shape index (κ2) is 11.4. The third kappa shape index (κ3) is 4.24. The van der Waals surface area contributed by atoms with Crippen LogP contribution in [-0.4, -0.2) is 9.13 Å². The molecule has 5 nitrogen and oxygen atoms in total. The second-order valence-electron chi connectivity index (χ2n) is 12.3. The molecule has 0 fully saturated rings. The topological polar surface area (TPSA) is 81.2 Å². The van der Waals surface area contributed by atoms with Crippen molar-refractivity contribution in [3.05, 3.63) is 168 Å². The summed E-state index contributed by atoms with van der Waals surface area (Å²) in [5.41, 5.74) is 10.9. The molecule has 230 valence electrons. The van der Waals surface area contributed by atoms with Gasteiger partial charge in [0.05, 0.1) is 56.6 Å². The normalized spacial score (nSPS) is 11.1. The molecule has 0 saturated heterocycles. The van der Waals surface area contributed by atoms with E-state index in [0.29, 0.717) is 16.7 Å². The Balaban J connectivity index is 1.27. The molecular formula is C45H25N5. The molecule has 7 aromatic carbocycles. The van der Waals surface area contributed by atoms with Gasteiger partial charge in [-0.15, -0.1) is 0 Å². The molecule has 0 aliphatic heterocycles. The third-order valence-corrected chi connectivity index (χ3v) is 9.65. The minimum absolute atomic E-state index is 0.532. The highest BCUT2D eigenvalue weighted by atomic mass is 15.0. The maximum Gasteiger partial charge on any atom is 0.101 e.